The van der Waals surface area contributed by atoms with E-state index in [0.717, 1.165) is 24.1 Å². The summed E-state index contributed by atoms with van der Waals surface area (Å²) in [7, 11) is 0. The number of nitrogens with two attached hydrogens (primary N) is 1. The van der Waals surface area contributed by atoms with Crippen molar-refractivity contribution in [3.05, 3.63) is 29.6 Å². The number of hydrogen-bond donors (Lipinski definition) is 2. The van der Waals surface area contributed by atoms with Crippen molar-refractivity contribution in [2.45, 2.75) is 53.1 Å². The summed E-state index contributed by atoms with van der Waals surface area (Å²) in [6, 6.07) is 3.87. The Hall–Kier alpha value is -1.13. The normalized spacial score (nSPS) is 24.1. The summed E-state index contributed by atoms with van der Waals surface area (Å²) in [6.45, 7) is 7.70. The van der Waals surface area contributed by atoms with Gasteiger partial charge in [-0.05, 0) is 48.3 Å². The summed E-state index contributed by atoms with van der Waals surface area (Å²) in [5, 5.41) is 3.08. The van der Waals surface area contributed by atoms with E-state index in [1.807, 2.05) is 12.1 Å². The highest BCUT2D eigenvalue weighted by atomic mass is 35.5. The minimum absolute atomic E-state index is 0. The van der Waals surface area contributed by atoms with Crippen molar-refractivity contribution in [1.82, 2.24) is 10.3 Å². The molecule has 23 heavy (non-hydrogen) atoms. The molecule has 0 aromatic carbocycles. The molecule has 1 aromatic heterocycles. The molecule has 0 unspecified atom stereocenters. The van der Waals surface area contributed by atoms with Gasteiger partial charge in [-0.3, -0.25) is 9.78 Å². The van der Waals surface area contributed by atoms with E-state index in [0.29, 0.717) is 30.8 Å². The summed E-state index contributed by atoms with van der Waals surface area (Å²) in [5.74, 6) is 2.03. The number of nitrogens with one attached hydrogen (secondary N) is 1. The van der Waals surface area contributed by atoms with Gasteiger partial charge in [-0.1, -0.05) is 27.2 Å². The third-order valence-corrected chi connectivity index (χ3v) is 4.92. The minimum Gasteiger partial charge on any atom is -0.350 e. The zero-order chi connectivity index (χ0) is 16.1. The quantitative estimate of drug-likeness (QED) is 0.865. The molecule has 0 radical (unpaired) electrons. The highest BCUT2D eigenvalue weighted by Crippen LogP contribution is 2.38. The molecule has 1 aliphatic carbocycles. The van der Waals surface area contributed by atoms with Crippen molar-refractivity contribution >= 4 is 18.3 Å². The second-order valence-electron chi connectivity index (χ2n) is 7.01. The Morgan fingerprint density at radius 3 is 2.83 bits per heavy atom. The van der Waals surface area contributed by atoms with Crippen LogP contribution in [0.5, 0.6) is 0 Å². The lowest BCUT2D eigenvalue weighted by Gasteiger charge is -2.36. The summed E-state index contributed by atoms with van der Waals surface area (Å²) in [4.78, 5) is 16.9. The summed E-state index contributed by atoms with van der Waals surface area (Å²) < 4.78 is 0. The van der Waals surface area contributed by atoms with Crippen molar-refractivity contribution in [2.75, 3.05) is 0 Å². The molecule has 0 bridgehead atoms. The van der Waals surface area contributed by atoms with Gasteiger partial charge in [0, 0.05) is 18.7 Å². The second kappa shape index (κ2) is 9.24. The molecule has 1 aliphatic rings. The van der Waals surface area contributed by atoms with Crippen LogP contribution in [-0.4, -0.2) is 10.9 Å². The van der Waals surface area contributed by atoms with Gasteiger partial charge in [-0.2, -0.15) is 0 Å². The monoisotopic (exact) mass is 339 g/mol. The molecular weight excluding hydrogens is 310 g/mol. The molecule has 5 heteroatoms. The average molecular weight is 340 g/mol. The lowest BCUT2D eigenvalue weighted by molar-refractivity contribution is -0.129. The first kappa shape index (κ1) is 19.9. The molecule has 3 N–H and O–H groups in total. The van der Waals surface area contributed by atoms with Crippen LogP contribution in [0, 0.1) is 23.7 Å². The maximum absolute atomic E-state index is 12.6. The number of carbonyl (C=O) groups is 1. The Morgan fingerprint density at radius 2 is 2.17 bits per heavy atom. The second-order valence-corrected chi connectivity index (χ2v) is 7.01. The number of amides is 1. The maximum Gasteiger partial charge on any atom is 0.223 e. The highest BCUT2D eigenvalue weighted by molar-refractivity contribution is 5.85. The molecule has 0 aliphatic heterocycles. The largest absolute Gasteiger partial charge is 0.350 e. The minimum atomic E-state index is 0. The van der Waals surface area contributed by atoms with E-state index < -0.39 is 0 Å². The standard InChI is InChI=1S/C18H29N3O.ClH/c1-12(2)16-5-4-13(3)8-17(16)18(22)21-11-15-9-14(10-19)6-7-20-15;/h6-7,9,12-13,16-17H,4-5,8,10-11,19H2,1-3H3,(H,21,22);1H/t13-,16+,17-;/m1./s1. The van der Waals surface area contributed by atoms with Crippen LogP contribution in [0.4, 0.5) is 0 Å². The van der Waals surface area contributed by atoms with Gasteiger partial charge >= 0.3 is 0 Å². The number of hydrogen-bond acceptors (Lipinski definition) is 3. The van der Waals surface area contributed by atoms with Crippen LogP contribution in [0.2, 0.25) is 0 Å². The molecule has 2 rings (SSSR count). The summed E-state index contributed by atoms with van der Waals surface area (Å²) in [6.07, 6.45) is 5.17. The molecule has 1 amide bonds. The number of nitrogens with zero attached hydrogens (tertiary/aromatic N) is 1. The van der Waals surface area contributed by atoms with Crippen LogP contribution in [0.15, 0.2) is 18.3 Å². The molecular formula is C18H30ClN3O. The van der Waals surface area contributed by atoms with E-state index in [9.17, 15) is 4.79 Å². The molecule has 4 nitrogen and oxygen atoms in total. The van der Waals surface area contributed by atoms with E-state index in [1.54, 1.807) is 6.20 Å². The van der Waals surface area contributed by atoms with Gasteiger partial charge in [0.15, 0.2) is 0 Å². The van der Waals surface area contributed by atoms with Gasteiger partial charge in [-0.15, -0.1) is 12.4 Å². The number of halogens is 1. The van der Waals surface area contributed by atoms with Crippen LogP contribution >= 0.6 is 12.4 Å². The fourth-order valence-electron chi connectivity index (χ4n) is 3.56. The lowest BCUT2D eigenvalue weighted by Crippen LogP contribution is -2.40. The van der Waals surface area contributed by atoms with Crippen molar-refractivity contribution in [1.29, 1.82) is 0 Å². The van der Waals surface area contributed by atoms with Gasteiger partial charge in [0.25, 0.3) is 0 Å². The first-order valence-corrected chi connectivity index (χ1v) is 8.42. The van der Waals surface area contributed by atoms with Crippen molar-refractivity contribution in [3.63, 3.8) is 0 Å². The SMILES string of the molecule is CC(C)[C@@H]1CC[C@@H](C)C[C@H]1C(=O)NCc1cc(CN)ccn1.Cl. The van der Waals surface area contributed by atoms with E-state index >= 15 is 0 Å². The predicted octanol–water partition coefficient (Wildman–Crippen LogP) is 3.29. The fraction of sp³-hybridized carbons (Fsp3) is 0.667. The van der Waals surface area contributed by atoms with Crippen LogP contribution < -0.4 is 11.1 Å². The van der Waals surface area contributed by atoms with Gasteiger partial charge < -0.3 is 11.1 Å². The van der Waals surface area contributed by atoms with E-state index in [1.165, 1.54) is 6.42 Å². The summed E-state index contributed by atoms with van der Waals surface area (Å²) >= 11 is 0. The Labute approximate surface area is 146 Å². The number of carbonyl (C=O) groups excluding carboxylic acids is 1. The van der Waals surface area contributed by atoms with Gasteiger partial charge in [0.1, 0.15) is 0 Å². The molecule has 1 fully saturated rings. The van der Waals surface area contributed by atoms with E-state index in [4.69, 9.17) is 5.73 Å². The van der Waals surface area contributed by atoms with E-state index in [2.05, 4.69) is 31.1 Å². The van der Waals surface area contributed by atoms with Gasteiger partial charge in [0.05, 0.1) is 12.2 Å². The van der Waals surface area contributed by atoms with E-state index in [-0.39, 0.29) is 24.2 Å². The molecule has 3 atom stereocenters. The topological polar surface area (TPSA) is 68.0 Å². The van der Waals surface area contributed by atoms with Crippen LogP contribution in [0.3, 0.4) is 0 Å². The third kappa shape index (κ3) is 5.47. The Morgan fingerprint density at radius 1 is 1.43 bits per heavy atom. The molecule has 1 saturated carbocycles. The number of aromatic nitrogens is 1. The van der Waals surface area contributed by atoms with Crippen molar-refractivity contribution < 1.29 is 4.79 Å². The number of rotatable bonds is 5. The predicted molar refractivity (Wildman–Crippen MR) is 96.1 cm³/mol. The zero-order valence-electron chi connectivity index (χ0n) is 14.4. The van der Waals surface area contributed by atoms with Crippen LogP contribution in [0.1, 0.15) is 51.3 Å². The van der Waals surface area contributed by atoms with Crippen molar-refractivity contribution in [2.24, 2.45) is 29.4 Å². The maximum atomic E-state index is 12.6. The van der Waals surface area contributed by atoms with Gasteiger partial charge in [0.2, 0.25) is 5.91 Å². The Bertz CT molecular complexity index is 507. The smallest absolute Gasteiger partial charge is 0.223 e. The van der Waals surface area contributed by atoms with Crippen molar-refractivity contribution in [3.8, 4) is 0 Å². The summed E-state index contributed by atoms with van der Waals surface area (Å²) in [5.41, 5.74) is 7.57. The van der Waals surface area contributed by atoms with Gasteiger partial charge in [-0.25, -0.2) is 0 Å². The van der Waals surface area contributed by atoms with Crippen LogP contribution in [-0.2, 0) is 17.9 Å². The third-order valence-electron chi connectivity index (χ3n) is 4.92. The first-order valence-electron chi connectivity index (χ1n) is 8.42. The molecule has 0 spiro atoms. The lowest BCUT2D eigenvalue weighted by atomic mass is 9.70. The fourth-order valence-corrected chi connectivity index (χ4v) is 3.56. The highest BCUT2D eigenvalue weighted by Gasteiger charge is 2.35. The zero-order valence-corrected chi connectivity index (χ0v) is 15.2. The average Bonchev–Trinajstić information content (AvgIpc) is 2.52. The molecule has 0 saturated heterocycles. The Kier molecular flexibility index (Phi) is 8.00. The molecule has 1 heterocycles. The Balaban J connectivity index is 0.00000264. The first-order chi connectivity index (χ1) is 10.5. The molecule has 130 valence electrons. The van der Waals surface area contributed by atoms with Crippen LogP contribution in [0.25, 0.3) is 0 Å². The molecule has 1 aromatic rings. The number of pyridine rings is 1.